The maximum Gasteiger partial charge on any atom is 0.184 e. The van der Waals surface area contributed by atoms with Gasteiger partial charge in [0, 0.05) is 6.61 Å². The third-order valence-corrected chi connectivity index (χ3v) is 15.6. The first-order valence-corrected chi connectivity index (χ1v) is 12.0. The van der Waals surface area contributed by atoms with Gasteiger partial charge in [-0.05, 0) is 25.7 Å². The fourth-order valence-electron chi connectivity index (χ4n) is 2.47. The Morgan fingerprint density at radius 1 is 0.857 bits per heavy atom. The van der Waals surface area contributed by atoms with Crippen LogP contribution in [-0.4, -0.2) is 23.0 Å². The molecule has 0 saturated heterocycles. The van der Waals surface area contributed by atoms with Gasteiger partial charge in [0.1, 0.15) is 0 Å². The van der Waals surface area contributed by atoms with Gasteiger partial charge in [-0.2, -0.15) is 0 Å². The molecule has 0 aliphatic carbocycles. The summed E-state index contributed by atoms with van der Waals surface area (Å²) in [4.78, 5) is 0. The van der Waals surface area contributed by atoms with Crippen LogP contribution in [-0.2, 0) is 4.43 Å². The number of hydrogen-bond acceptors (Lipinski definition) is 1. The highest BCUT2D eigenvalue weighted by atomic mass is 28.4. The van der Waals surface area contributed by atoms with Crippen molar-refractivity contribution in [1.29, 1.82) is 0 Å². The molecule has 14 heavy (non-hydrogen) atoms. The van der Waals surface area contributed by atoms with Gasteiger partial charge in [0.05, 0.1) is 8.07 Å². The van der Waals surface area contributed by atoms with E-state index in [-0.39, 0.29) is 0 Å². The minimum absolute atomic E-state index is 0.904. The summed E-state index contributed by atoms with van der Waals surface area (Å²) in [5.74, 6) is 0. The van der Waals surface area contributed by atoms with Crippen LogP contribution in [0.1, 0.15) is 27.7 Å². The predicted molar refractivity (Wildman–Crippen MR) is 71.1 cm³/mol. The second kappa shape index (κ2) is 6.08. The highest BCUT2D eigenvalue weighted by molar-refractivity contribution is 6.93. The highest BCUT2D eigenvalue weighted by Gasteiger charge is 2.36. The van der Waals surface area contributed by atoms with E-state index in [4.69, 9.17) is 4.43 Å². The van der Waals surface area contributed by atoms with Gasteiger partial charge in [-0.15, -0.1) is 0 Å². The second-order valence-electron chi connectivity index (χ2n) is 4.93. The molecule has 0 radical (unpaired) electrons. The van der Waals surface area contributed by atoms with E-state index in [1.54, 1.807) is 0 Å². The van der Waals surface area contributed by atoms with Gasteiger partial charge < -0.3 is 4.43 Å². The summed E-state index contributed by atoms with van der Waals surface area (Å²) < 4.78 is 5.96. The van der Waals surface area contributed by atoms with Crippen LogP contribution < -0.4 is 0 Å². The van der Waals surface area contributed by atoms with E-state index in [1.165, 1.54) is 23.8 Å². The minimum atomic E-state index is -1.34. The van der Waals surface area contributed by atoms with Crippen molar-refractivity contribution in [2.45, 2.75) is 64.6 Å². The van der Waals surface area contributed by atoms with Gasteiger partial charge >= 0.3 is 0 Å². The Balaban J connectivity index is 4.41. The summed E-state index contributed by atoms with van der Waals surface area (Å²) in [6.45, 7) is 15.0. The van der Waals surface area contributed by atoms with Crippen LogP contribution in [0.25, 0.3) is 0 Å². The molecule has 0 unspecified atom stereocenters. The average Bonchev–Trinajstić information content (AvgIpc) is 2.14. The zero-order valence-electron chi connectivity index (χ0n) is 10.9. The molecule has 0 heterocycles. The van der Waals surface area contributed by atoms with Crippen LogP contribution in [0.3, 0.4) is 0 Å². The molecule has 0 rings (SSSR count). The van der Waals surface area contributed by atoms with E-state index in [0.29, 0.717) is 0 Å². The molecule has 86 valence electrons. The molecule has 0 aliphatic heterocycles. The lowest BCUT2D eigenvalue weighted by atomic mass is 10.9. The lowest BCUT2D eigenvalue weighted by molar-refractivity contribution is 0.332. The number of rotatable bonds is 7. The molecule has 0 bridgehead atoms. The molecule has 0 aliphatic rings. The molecule has 1 nitrogen and oxygen atoms in total. The van der Waals surface area contributed by atoms with Crippen LogP contribution in [0.5, 0.6) is 0 Å². The molecule has 0 fully saturated rings. The van der Waals surface area contributed by atoms with Crippen molar-refractivity contribution in [3.8, 4) is 0 Å². The van der Waals surface area contributed by atoms with Crippen molar-refractivity contribution in [3.05, 3.63) is 0 Å². The first kappa shape index (κ1) is 14.4. The smallest absolute Gasteiger partial charge is 0.184 e. The van der Waals surface area contributed by atoms with E-state index in [1.807, 2.05) is 0 Å². The van der Waals surface area contributed by atoms with Crippen molar-refractivity contribution in [1.82, 2.24) is 0 Å². The second-order valence-corrected chi connectivity index (χ2v) is 15.3. The SMILES string of the molecule is CCO[Si](C)(C)C[Si](CC)(CC)CC. The summed E-state index contributed by atoms with van der Waals surface area (Å²) in [5, 5.41) is 0. The Hall–Kier alpha value is 0.394. The molecule has 0 atom stereocenters. The summed E-state index contributed by atoms with van der Waals surface area (Å²) in [5.41, 5.74) is 1.46. The van der Waals surface area contributed by atoms with E-state index >= 15 is 0 Å². The van der Waals surface area contributed by atoms with Crippen LogP contribution in [0.15, 0.2) is 0 Å². The maximum absolute atomic E-state index is 5.96. The molecular formula is C11H28OSi2. The van der Waals surface area contributed by atoms with Crippen molar-refractivity contribution in [2.24, 2.45) is 0 Å². The Bertz CT molecular complexity index is 145. The Labute approximate surface area is 92.4 Å². The Morgan fingerprint density at radius 2 is 1.29 bits per heavy atom. The Morgan fingerprint density at radius 3 is 1.57 bits per heavy atom. The lowest BCUT2D eigenvalue weighted by Gasteiger charge is -2.35. The normalized spacial score (nSPS) is 13.3. The molecule has 0 N–H and O–H groups in total. The molecule has 0 aromatic carbocycles. The zero-order chi connectivity index (χ0) is 11.2. The van der Waals surface area contributed by atoms with Crippen molar-refractivity contribution < 1.29 is 4.43 Å². The quantitative estimate of drug-likeness (QED) is 0.596. The number of hydrogen-bond donors (Lipinski definition) is 0. The maximum atomic E-state index is 5.96. The third-order valence-electron chi connectivity index (χ3n) is 3.59. The van der Waals surface area contributed by atoms with E-state index in [9.17, 15) is 0 Å². The van der Waals surface area contributed by atoms with Crippen LogP contribution in [0, 0.1) is 0 Å². The monoisotopic (exact) mass is 232 g/mol. The molecule has 0 amide bonds. The third kappa shape index (κ3) is 4.28. The van der Waals surface area contributed by atoms with Gasteiger partial charge in [0.2, 0.25) is 0 Å². The van der Waals surface area contributed by atoms with Gasteiger partial charge in [-0.1, -0.05) is 38.9 Å². The highest BCUT2D eigenvalue weighted by Crippen LogP contribution is 2.30. The molecule has 0 aromatic rings. The van der Waals surface area contributed by atoms with Crippen molar-refractivity contribution >= 4 is 16.4 Å². The molecule has 0 saturated carbocycles. The van der Waals surface area contributed by atoms with Gasteiger partial charge in [0.15, 0.2) is 8.32 Å². The fourth-order valence-corrected chi connectivity index (χ4v) is 15.4. The molecule has 0 aromatic heterocycles. The van der Waals surface area contributed by atoms with Crippen LogP contribution in [0.2, 0.25) is 36.9 Å². The lowest BCUT2D eigenvalue weighted by Crippen LogP contribution is -2.44. The zero-order valence-corrected chi connectivity index (χ0v) is 12.9. The fraction of sp³-hybridized carbons (Fsp3) is 1.00. The van der Waals surface area contributed by atoms with Crippen LogP contribution in [0.4, 0.5) is 0 Å². The molecular weight excluding hydrogens is 204 g/mol. The topological polar surface area (TPSA) is 9.23 Å². The molecule has 0 spiro atoms. The summed E-state index contributed by atoms with van der Waals surface area (Å²) in [7, 11) is -2.29. The minimum Gasteiger partial charge on any atom is -0.418 e. The summed E-state index contributed by atoms with van der Waals surface area (Å²) in [6.07, 6.45) is 0. The summed E-state index contributed by atoms with van der Waals surface area (Å²) in [6, 6.07) is 4.30. The molecule has 3 heteroatoms. The van der Waals surface area contributed by atoms with Crippen molar-refractivity contribution in [3.63, 3.8) is 0 Å². The van der Waals surface area contributed by atoms with E-state index in [2.05, 4.69) is 40.8 Å². The first-order chi connectivity index (χ1) is 6.45. The Kier molecular flexibility index (Phi) is 6.25. The van der Waals surface area contributed by atoms with Gasteiger partial charge in [0.25, 0.3) is 0 Å². The summed E-state index contributed by atoms with van der Waals surface area (Å²) >= 11 is 0. The van der Waals surface area contributed by atoms with Gasteiger partial charge in [-0.3, -0.25) is 0 Å². The largest absolute Gasteiger partial charge is 0.418 e. The van der Waals surface area contributed by atoms with Crippen LogP contribution >= 0.6 is 0 Å². The first-order valence-electron chi connectivity index (χ1n) is 6.09. The average molecular weight is 233 g/mol. The standard InChI is InChI=1S/C11H28OSi2/c1-7-12-13(5,6)11-14(8-2,9-3)10-4/h7-11H2,1-6H3. The predicted octanol–water partition coefficient (Wildman–Crippen LogP) is 4.28. The van der Waals surface area contributed by atoms with Gasteiger partial charge in [-0.25, -0.2) is 0 Å². The van der Waals surface area contributed by atoms with E-state index < -0.39 is 16.4 Å². The van der Waals surface area contributed by atoms with E-state index in [0.717, 1.165) is 6.61 Å². The van der Waals surface area contributed by atoms with Crippen molar-refractivity contribution in [2.75, 3.05) is 6.61 Å².